The first-order chi connectivity index (χ1) is 11.9. The fourth-order valence-corrected chi connectivity index (χ4v) is 4.45. The molecule has 1 amide bonds. The summed E-state index contributed by atoms with van der Waals surface area (Å²) in [6.07, 6.45) is 2.02. The lowest BCUT2D eigenvalue weighted by Gasteiger charge is -2.39. The molecule has 1 aliphatic rings. The summed E-state index contributed by atoms with van der Waals surface area (Å²) >= 11 is 0. The Kier molecular flexibility index (Phi) is 6.02. The average molecular weight is 382 g/mol. The van der Waals surface area contributed by atoms with E-state index in [1.54, 1.807) is 4.90 Å². The number of benzene rings is 1. The molecule has 1 saturated heterocycles. The molecule has 0 bridgehead atoms. The van der Waals surface area contributed by atoms with Crippen molar-refractivity contribution in [3.63, 3.8) is 0 Å². The maximum absolute atomic E-state index is 12.9. The summed E-state index contributed by atoms with van der Waals surface area (Å²) in [6, 6.07) is 5.65. The minimum Gasteiger partial charge on any atom is -0.341 e. The predicted molar refractivity (Wildman–Crippen MR) is 105 cm³/mol. The predicted octanol–water partition coefficient (Wildman–Crippen LogP) is 2.56. The summed E-state index contributed by atoms with van der Waals surface area (Å²) in [6.45, 7) is 9.23. The smallest absolute Gasteiger partial charge is 0.304 e. The molecule has 0 aromatic heterocycles. The molecule has 6 nitrogen and oxygen atoms in total. The molecular weight excluding hydrogens is 350 g/mol. The van der Waals surface area contributed by atoms with E-state index in [1.807, 2.05) is 32.0 Å². The first-order valence-corrected chi connectivity index (χ1v) is 10.4. The standard InChI is InChI=1S/C19H31N3O3S/c1-15-8-9-16(2)17(12-15)22(26(24,25)20(5)6)13-18(23)21-11-7-10-19(3,4)14-21/h8-9,12H,7,10-11,13-14H2,1-6H3. The van der Waals surface area contributed by atoms with Gasteiger partial charge in [0.25, 0.3) is 0 Å². The fourth-order valence-electron chi connectivity index (χ4n) is 3.34. The van der Waals surface area contributed by atoms with Crippen LogP contribution < -0.4 is 4.31 Å². The zero-order chi connectivity index (χ0) is 19.7. The number of rotatable bonds is 5. The monoisotopic (exact) mass is 381 g/mol. The third-order valence-corrected chi connectivity index (χ3v) is 6.71. The molecule has 1 fully saturated rings. The average Bonchev–Trinajstić information content (AvgIpc) is 2.53. The quantitative estimate of drug-likeness (QED) is 0.788. The van der Waals surface area contributed by atoms with Crippen LogP contribution in [0, 0.1) is 19.3 Å². The van der Waals surface area contributed by atoms with Gasteiger partial charge in [-0.25, -0.2) is 4.31 Å². The Morgan fingerprint density at radius 2 is 1.88 bits per heavy atom. The van der Waals surface area contributed by atoms with Crippen molar-refractivity contribution in [1.29, 1.82) is 0 Å². The van der Waals surface area contributed by atoms with Crippen molar-refractivity contribution in [2.24, 2.45) is 5.41 Å². The maximum Gasteiger partial charge on any atom is 0.304 e. The van der Waals surface area contributed by atoms with Crippen molar-refractivity contribution in [2.45, 2.75) is 40.5 Å². The van der Waals surface area contributed by atoms with Crippen LogP contribution >= 0.6 is 0 Å². The largest absolute Gasteiger partial charge is 0.341 e. The third kappa shape index (κ3) is 4.57. The van der Waals surface area contributed by atoms with E-state index >= 15 is 0 Å². The molecule has 26 heavy (non-hydrogen) atoms. The second-order valence-electron chi connectivity index (χ2n) is 8.17. The van der Waals surface area contributed by atoms with Crippen molar-refractivity contribution in [1.82, 2.24) is 9.21 Å². The van der Waals surface area contributed by atoms with Crippen LogP contribution in [0.2, 0.25) is 0 Å². The Morgan fingerprint density at radius 1 is 1.23 bits per heavy atom. The molecule has 0 atom stereocenters. The van der Waals surface area contributed by atoms with Gasteiger partial charge in [-0.3, -0.25) is 4.79 Å². The lowest BCUT2D eigenvalue weighted by Crippen LogP contribution is -2.50. The first-order valence-electron chi connectivity index (χ1n) is 8.99. The molecule has 146 valence electrons. The van der Waals surface area contributed by atoms with Gasteiger partial charge in [0.05, 0.1) is 5.69 Å². The van der Waals surface area contributed by atoms with Crippen molar-refractivity contribution in [3.8, 4) is 0 Å². The lowest BCUT2D eigenvalue weighted by molar-refractivity contribution is -0.132. The van der Waals surface area contributed by atoms with Crippen molar-refractivity contribution >= 4 is 21.8 Å². The normalized spacial score (nSPS) is 17.4. The van der Waals surface area contributed by atoms with Crippen LogP contribution in [-0.4, -0.2) is 57.3 Å². The van der Waals surface area contributed by atoms with E-state index in [0.717, 1.165) is 28.3 Å². The van der Waals surface area contributed by atoms with Gasteiger partial charge >= 0.3 is 10.2 Å². The van der Waals surface area contributed by atoms with E-state index in [-0.39, 0.29) is 17.9 Å². The SMILES string of the molecule is Cc1ccc(C)c(N(CC(=O)N2CCCC(C)(C)C2)S(=O)(=O)N(C)C)c1. The van der Waals surface area contributed by atoms with Crippen LogP contribution in [0.25, 0.3) is 0 Å². The third-order valence-electron chi connectivity index (χ3n) is 4.91. The van der Waals surface area contributed by atoms with Crippen LogP contribution in [0.1, 0.15) is 37.8 Å². The Bertz CT molecular complexity index is 772. The van der Waals surface area contributed by atoms with E-state index in [2.05, 4.69) is 13.8 Å². The first kappa shape index (κ1) is 20.7. The van der Waals surface area contributed by atoms with Gasteiger partial charge in [0, 0.05) is 27.2 Å². The molecule has 0 saturated carbocycles. The highest BCUT2D eigenvalue weighted by molar-refractivity contribution is 7.90. The highest BCUT2D eigenvalue weighted by Crippen LogP contribution is 2.30. The van der Waals surface area contributed by atoms with Crippen LogP contribution in [0.3, 0.4) is 0 Å². The van der Waals surface area contributed by atoms with Gasteiger partial charge < -0.3 is 4.90 Å². The molecule has 7 heteroatoms. The number of nitrogens with zero attached hydrogens (tertiary/aromatic N) is 3. The van der Waals surface area contributed by atoms with E-state index < -0.39 is 10.2 Å². The number of carbonyl (C=O) groups is 1. The van der Waals surface area contributed by atoms with E-state index in [9.17, 15) is 13.2 Å². The van der Waals surface area contributed by atoms with Crippen molar-refractivity contribution < 1.29 is 13.2 Å². The summed E-state index contributed by atoms with van der Waals surface area (Å²) in [5.41, 5.74) is 2.41. The zero-order valence-corrected chi connectivity index (χ0v) is 17.6. The van der Waals surface area contributed by atoms with E-state index in [4.69, 9.17) is 0 Å². The molecule has 1 aromatic carbocycles. The molecule has 1 aromatic rings. The van der Waals surface area contributed by atoms with Crippen LogP contribution in [0.4, 0.5) is 5.69 Å². The molecule has 2 rings (SSSR count). The zero-order valence-electron chi connectivity index (χ0n) is 16.7. The molecule has 0 unspecified atom stereocenters. The summed E-state index contributed by atoms with van der Waals surface area (Å²) in [5, 5.41) is 0. The van der Waals surface area contributed by atoms with Gasteiger partial charge in [-0.05, 0) is 49.3 Å². The van der Waals surface area contributed by atoms with E-state index in [1.165, 1.54) is 18.4 Å². The van der Waals surface area contributed by atoms with Gasteiger partial charge in [0.2, 0.25) is 5.91 Å². The Balaban J connectivity index is 2.36. The number of aryl methyl sites for hydroxylation is 2. The Labute approximate surface area is 158 Å². The molecular formula is C19H31N3O3S. The summed E-state index contributed by atoms with van der Waals surface area (Å²) in [7, 11) is -0.799. The fraction of sp³-hybridized carbons (Fsp3) is 0.632. The second kappa shape index (κ2) is 7.56. The maximum atomic E-state index is 12.9. The van der Waals surface area contributed by atoms with Gasteiger partial charge in [-0.15, -0.1) is 0 Å². The lowest BCUT2D eigenvalue weighted by atomic mass is 9.84. The highest BCUT2D eigenvalue weighted by Gasteiger charge is 2.33. The molecule has 1 heterocycles. The number of anilines is 1. The number of piperidine rings is 1. The second-order valence-corrected chi connectivity index (χ2v) is 10.2. The molecule has 0 spiro atoms. The summed E-state index contributed by atoms with van der Waals surface area (Å²) in [4.78, 5) is 14.7. The van der Waals surface area contributed by atoms with Gasteiger partial charge in [-0.2, -0.15) is 12.7 Å². The number of likely N-dealkylation sites (tertiary alicyclic amines) is 1. The van der Waals surface area contributed by atoms with Gasteiger partial charge in [0.15, 0.2) is 0 Å². The molecule has 0 aliphatic carbocycles. The van der Waals surface area contributed by atoms with Crippen LogP contribution in [0.15, 0.2) is 18.2 Å². The molecule has 0 radical (unpaired) electrons. The van der Waals surface area contributed by atoms with Gasteiger partial charge in [-0.1, -0.05) is 26.0 Å². The summed E-state index contributed by atoms with van der Waals surface area (Å²) < 4.78 is 28.2. The number of hydrogen-bond donors (Lipinski definition) is 0. The minimum atomic E-state index is -3.77. The van der Waals surface area contributed by atoms with Crippen LogP contribution in [-0.2, 0) is 15.0 Å². The molecule has 1 aliphatic heterocycles. The van der Waals surface area contributed by atoms with Crippen molar-refractivity contribution in [2.75, 3.05) is 38.0 Å². The van der Waals surface area contributed by atoms with E-state index in [0.29, 0.717) is 18.8 Å². The van der Waals surface area contributed by atoms with Crippen LogP contribution in [0.5, 0.6) is 0 Å². The molecule has 0 N–H and O–H groups in total. The summed E-state index contributed by atoms with van der Waals surface area (Å²) in [5.74, 6) is -0.149. The Hall–Kier alpha value is -1.60. The number of carbonyl (C=O) groups excluding carboxylic acids is 1. The highest BCUT2D eigenvalue weighted by atomic mass is 32.2. The van der Waals surface area contributed by atoms with Gasteiger partial charge in [0.1, 0.15) is 6.54 Å². The number of hydrogen-bond acceptors (Lipinski definition) is 3. The topological polar surface area (TPSA) is 60.9 Å². The number of amides is 1. The van der Waals surface area contributed by atoms with Crippen molar-refractivity contribution in [3.05, 3.63) is 29.3 Å². The minimum absolute atomic E-state index is 0.0679. The Morgan fingerprint density at radius 3 is 2.46 bits per heavy atom.